The fourth-order valence-corrected chi connectivity index (χ4v) is 4.98. The van der Waals surface area contributed by atoms with E-state index in [-0.39, 0.29) is 24.6 Å². The molecule has 0 aromatic heterocycles. The third-order valence-electron chi connectivity index (χ3n) is 7.39. The van der Waals surface area contributed by atoms with Crippen molar-refractivity contribution in [2.24, 2.45) is 17.8 Å². The summed E-state index contributed by atoms with van der Waals surface area (Å²) in [5.41, 5.74) is 0. The maximum Gasteiger partial charge on any atom is 0.317 e. The van der Waals surface area contributed by atoms with Crippen LogP contribution in [0.5, 0.6) is 0 Å². The number of nitrogens with one attached hydrogen (secondary N) is 4. The van der Waals surface area contributed by atoms with Gasteiger partial charge in [-0.25, -0.2) is 9.59 Å². The molecule has 4 amide bonds. The molecule has 51 heavy (non-hydrogen) atoms. The predicted molar refractivity (Wildman–Crippen MR) is 208 cm³/mol. The molecule has 12 nitrogen and oxygen atoms in total. The van der Waals surface area contributed by atoms with E-state index in [9.17, 15) is 9.59 Å². The molecule has 0 bridgehead atoms. The zero-order valence-corrected chi connectivity index (χ0v) is 33.4. The van der Waals surface area contributed by atoms with Gasteiger partial charge in [-0.05, 0) is 31.1 Å². The molecule has 0 radical (unpaired) electrons. The first-order valence-corrected chi connectivity index (χ1v) is 18.8. The highest BCUT2D eigenvalue weighted by atomic mass is 35.5. The quantitative estimate of drug-likeness (QED) is 0.232. The molecule has 2 unspecified atom stereocenters. The first kappa shape index (κ1) is 47.2. The minimum absolute atomic E-state index is 0.0116. The van der Waals surface area contributed by atoms with Crippen molar-refractivity contribution in [3.05, 3.63) is 56.5 Å². The highest BCUT2D eigenvalue weighted by Crippen LogP contribution is 2.19. The normalized spacial score (nSPS) is 19.8. The van der Waals surface area contributed by atoms with Crippen LogP contribution in [-0.4, -0.2) is 139 Å². The SMILES string of the molecule is C/C(Cl)=C(Cl)\C=C/C(C)C.CNC(=O)N(CCO)CC1CNCCOC1.Clc1ccccc1Cl.O=C(NCC1CNCCOC1)N1CCOCC1. The van der Waals surface area contributed by atoms with Crippen LogP contribution in [0.25, 0.3) is 0 Å². The summed E-state index contributed by atoms with van der Waals surface area (Å²) in [6, 6.07) is 7.05. The number of hydrogen-bond donors (Lipinski definition) is 5. The molecule has 2 atom stereocenters. The molecule has 0 spiro atoms. The van der Waals surface area contributed by atoms with Crippen LogP contribution in [0.4, 0.5) is 9.59 Å². The molecule has 3 aliphatic heterocycles. The van der Waals surface area contributed by atoms with Crippen molar-refractivity contribution in [3.63, 3.8) is 0 Å². The number of aliphatic hydroxyl groups is 1. The Morgan fingerprint density at radius 3 is 2.06 bits per heavy atom. The smallest absolute Gasteiger partial charge is 0.317 e. The largest absolute Gasteiger partial charge is 0.395 e. The van der Waals surface area contributed by atoms with E-state index in [1.54, 1.807) is 35.9 Å². The van der Waals surface area contributed by atoms with Gasteiger partial charge in [0.15, 0.2) is 0 Å². The number of halogens is 4. The van der Waals surface area contributed by atoms with Gasteiger partial charge < -0.3 is 50.4 Å². The maximum atomic E-state index is 11.8. The van der Waals surface area contributed by atoms with Crippen LogP contribution in [0.1, 0.15) is 20.8 Å². The second kappa shape index (κ2) is 29.6. The van der Waals surface area contributed by atoms with Crippen LogP contribution in [0.2, 0.25) is 10.0 Å². The van der Waals surface area contributed by atoms with E-state index in [0.717, 1.165) is 46.0 Å². The second-order valence-corrected chi connectivity index (χ2v) is 14.0. The number of aliphatic hydroxyl groups excluding tert-OH is 1. The van der Waals surface area contributed by atoms with E-state index in [0.29, 0.717) is 84.5 Å². The standard InChI is InChI=1S/C11H21N3O3.C10H21N3O3.C8H12Cl2.C6H4Cl2/c15-11(14-2-5-16-6-3-14)13-8-10-7-12-1-4-17-9-10;1-11-10(15)13(3-4-14)7-9-6-12-2-5-16-8-9;1-6(2)4-5-8(10)7(3)9;7-5-3-1-2-4-6(5)8/h10,12H,1-9H2,(H,13,15);9,12,14H,2-8H2,1H3,(H,11,15);4-6H,1-3H3;1-4H/b;;5-4-,8-7-;. The van der Waals surface area contributed by atoms with Crippen LogP contribution in [-0.2, 0) is 14.2 Å². The number of ether oxygens (including phenoxy) is 3. The Morgan fingerprint density at radius 1 is 0.980 bits per heavy atom. The monoisotopic (exact) mass is 798 g/mol. The lowest BCUT2D eigenvalue weighted by Gasteiger charge is -2.27. The van der Waals surface area contributed by atoms with E-state index in [1.807, 2.05) is 24.3 Å². The van der Waals surface area contributed by atoms with E-state index >= 15 is 0 Å². The van der Waals surface area contributed by atoms with E-state index < -0.39 is 0 Å². The number of nitrogens with zero attached hydrogens (tertiary/aromatic N) is 2. The molecule has 0 saturated carbocycles. The number of rotatable bonds is 8. The van der Waals surface area contributed by atoms with Crippen molar-refractivity contribution in [2.75, 3.05) is 112 Å². The van der Waals surface area contributed by atoms with Gasteiger partial charge in [-0.1, -0.05) is 78.5 Å². The summed E-state index contributed by atoms with van der Waals surface area (Å²) < 4.78 is 16.1. The van der Waals surface area contributed by atoms with Gasteiger partial charge in [-0.3, -0.25) is 0 Å². The van der Waals surface area contributed by atoms with Gasteiger partial charge in [0, 0.05) is 82.8 Å². The molecule has 3 saturated heterocycles. The van der Waals surface area contributed by atoms with Gasteiger partial charge in [0.25, 0.3) is 0 Å². The van der Waals surface area contributed by atoms with Gasteiger partial charge in [0.05, 0.1) is 61.3 Å². The molecular formula is C35H58Cl4N6O6. The Labute approximate surface area is 324 Å². The summed E-state index contributed by atoms with van der Waals surface area (Å²) in [4.78, 5) is 26.7. The summed E-state index contributed by atoms with van der Waals surface area (Å²) >= 11 is 22.5. The number of allylic oxidation sites excluding steroid dienone is 4. The summed E-state index contributed by atoms with van der Waals surface area (Å²) in [5, 5.41) is 23.4. The number of hydrogen-bond acceptors (Lipinski definition) is 8. The maximum absolute atomic E-state index is 11.8. The summed E-state index contributed by atoms with van der Waals surface area (Å²) in [6.07, 6.45) is 3.84. The van der Waals surface area contributed by atoms with Crippen molar-refractivity contribution >= 4 is 58.5 Å². The van der Waals surface area contributed by atoms with Gasteiger partial charge in [0.1, 0.15) is 0 Å². The number of amides is 4. The van der Waals surface area contributed by atoms with Crippen LogP contribution in [0, 0.1) is 17.8 Å². The van der Waals surface area contributed by atoms with Crippen LogP contribution >= 0.6 is 46.4 Å². The first-order chi connectivity index (χ1) is 24.5. The number of carbonyl (C=O) groups excluding carboxylic acids is 2. The second-order valence-electron chi connectivity index (χ2n) is 12.2. The fraction of sp³-hybridized carbons (Fsp3) is 0.657. The Bertz CT molecular complexity index is 1120. The minimum atomic E-state index is -0.154. The molecule has 3 fully saturated rings. The third-order valence-corrected chi connectivity index (χ3v) is 8.86. The highest BCUT2D eigenvalue weighted by molar-refractivity contribution is 6.42. The van der Waals surface area contributed by atoms with Crippen LogP contribution < -0.4 is 21.3 Å². The third kappa shape index (κ3) is 23.4. The average Bonchev–Trinajstić information content (AvgIpc) is 3.57. The van der Waals surface area contributed by atoms with Gasteiger partial charge >= 0.3 is 12.1 Å². The lowest BCUT2D eigenvalue weighted by atomic mass is 10.1. The van der Waals surface area contributed by atoms with Crippen molar-refractivity contribution < 1.29 is 28.9 Å². The molecule has 4 rings (SSSR count). The fourth-order valence-electron chi connectivity index (χ4n) is 4.57. The van der Waals surface area contributed by atoms with Gasteiger partial charge in [-0.15, -0.1) is 0 Å². The molecule has 16 heteroatoms. The number of benzene rings is 1. The number of carbonyl (C=O) groups is 2. The molecule has 5 N–H and O–H groups in total. The van der Waals surface area contributed by atoms with E-state index in [2.05, 4.69) is 35.1 Å². The summed E-state index contributed by atoms with van der Waals surface area (Å²) in [7, 11) is 1.59. The molecule has 292 valence electrons. The molecule has 1 aromatic rings. The zero-order valence-electron chi connectivity index (χ0n) is 30.4. The van der Waals surface area contributed by atoms with Crippen molar-refractivity contribution in [3.8, 4) is 0 Å². The van der Waals surface area contributed by atoms with Crippen LogP contribution in [0.15, 0.2) is 46.5 Å². The molecular weight excluding hydrogens is 742 g/mol. The number of morpholine rings is 1. The molecule has 1 aromatic carbocycles. The first-order valence-electron chi connectivity index (χ1n) is 17.3. The van der Waals surface area contributed by atoms with Crippen LogP contribution in [0.3, 0.4) is 0 Å². The van der Waals surface area contributed by atoms with Crippen molar-refractivity contribution in [1.29, 1.82) is 0 Å². The summed E-state index contributed by atoms with van der Waals surface area (Å²) in [6.45, 7) is 16.6. The Kier molecular flexibility index (Phi) is 27.4. The van der Waals surface area contributed by atoms with Gasteiger partial charge in [-0.2, -0.15) is 0 Å². The highest BCUT2D eigenvalue weighted by Gasteiger charge is 2.20. The van der Waals surface area contributed by atoms with E-state index in [4.69, 9.17) is 65.7 Å². The predicted octanol–water partition coefficient (Wildman–Crippen LogP) is 5.02. The lowest BCUT2D eigenvalue weighted by molar-refractivity contribution is 0.0525. The molecule has 3 heterocycles. The topological polar surface area (TPSA) is 137 Å². The van der Waals surface area contributed by atoms with Crippen molar-refractivity contribution in [1.82, 2.24) is 31.1 Å². The Hall–Kier alpha value is -1.84. The number of urea groups is 2. The molecule has 3 aliphatic rings. The van der Waals surface area contributed by atoms with Gasteiger partial charge in [0.2, 0.25) is 0 Å². The average molecular weight is 801 g/mol. The lowest BCUT2D eigenvalue weighted by Crippen LogP contribution is -2.48. The Morgan fingerprint density at radius 2 is 1.55 bits per heavy atom. The molecule has 0 aliphatic carbocycles. The minimum Gasteiger partial charge on any atom is -0.395 e. The van der Waals surface area contributed by atoms with E-state index in [1.165, 1.54) is 0 Å². The Balaban J connectivity index is 0.000000355. The zero-order chi connectivity index (χ0) is 37.9. The summed E-state index contributed by atoms with van der Waals surface area (Å²) in [5.74, 6) is 1.17. The van der Waals surface area contributed by atoms with Crippen molar-refractivity contribution in [2.45, 2.75) is 20.8 Å².